The Morgan fingerprint density at radius 2 is 2.12 bits per heavy atom. The van der Waals surface area contributed by atoms with E-state index in [9.17, 15) is 9.18 Å². The van der Waals surface area contributed by atoms with Crippen molar-refractivity contribution in [2.75, 3.05) is 0 Å². The molecule has 1 N–H and O–H groups in total. The van der Waals surface area contributed by atoms with Crippen LogP contribution >= 0.6 is 11.3 Å². The van der Waals surface area contributed by atoms with Gasteiger partial charge in [-0.1, -0.05) is 6.07 Å². The normalized spacial score (nSPS) is 10.5. The molecule has 0 spiro atoms. The molecule has 1 aromatic carbocycles. The van der Waals surface area contributed by atoms with Crippen LogP contribution in [0, 0.1) is 19.7 Å². The van der Waals surface area contributed by atoms with Crippen molar-refractivity contribution < 1.29 is 14.3 Å². The van der Waals surface area contributed by atoms with Gasteiger partial charge in [-0.2, -0.15) is 0 Å². The minimum absolute atomic E-state index is 0.198. The fraction of sp³-hybridized carbons (Fsp3) is 0.167. The van der Waals surface area contributed by atoms with E-state index >= 15 is 0 Å². The predicted octanol–water partition coefficient (Wildman–Crippen LogP) is 3.26. The number of benzene rings is 1. The van der Waals surface area contributed by atoms with Gasteiger partial charge in [0.1, 0.15) is 15.7 Å². The smallest absolute Gasteiger partial charge is 0.347 e. The minimum Gasteiger partial charge on any atom is -0.477 e. The van der Waals surface area contributed by atoms with Crippen LogP contribution in [0.4, 0.5) is 4.39 Å². The summed E-state index contributed by atoms with van der Waals surface area (Å²) in [5, 5.41) is 9.48. The first-order valence-electron chi connectivity index (χ1n) is 4.96. The van der Waals surface area contributed by atoms with Crippen molar-refractivity contribution in [3.05, 3.63) is 40.2 Å². The number of nitrogens with zero attached hydrogens (tertiary/aromatic N) is 1. The van der Waals surface area contributed by atoms with Gasteiger partial charge in [0.25, 0.3) is 0 Å². The second kappa shape index (κ2) is 4.25. The van der Waals surface area contributed by atoms with Crippen LogP contribution in [0.5, 0.6) is 0 Å². The van der Waals surface area contributed by atoms with E-state index in [1.807, 2.05) is 6.92 Å². The number of thiazole rings is 1. The highest BCUT2D eigenvalue weighted by Gasteiger charge is 2.16. The summed E-state index contributed by atoms with van der Waals surface area (Å²) in [7, 11) is 0. The Bertz CT molecular complexity index is 592. The summed E-state index contributed by atoms with van der Waals surface area (Å²) in [6.45, 7) is 3.48. The maximum Gasteiger partial charge on any atom is 0.347 e. The highest BCUT2D eigenvalue weighted by Crippen LogP contribution is 2.30. The van der Waals surface area contributed by atoms with Crippen LogP contribution in [0.25, 0.3) is 10.6 Å². The lowest BCUT2D eigenvalue weighted by molar-refractivity contribution is 0.0701. The average Bonchev–Trinajstić information content (AvgIpc) is 2.64. The van der Waals surface area contributed by atoms with Gasteiger partial charge in [0.2, 0.25) is 0 Å². The number of carboxylic acids is 1. The number of aromatic nitrogens is 1. The average molecular weight is 251 g/mol. The van der Waals surface area contributed by atoms with Crippen LogP contribution in [-0.2, 0) is 0 Å². The van der Waals surface area contributed by atoms with Crippen molar-refractivity contribution in [1.82, 2.24) is 4.98 Å². The molecule has 0 radical (unpaired) electrons. The lowest BCUT2D eigenvalue weighted by Crippen LogP contribution is -1.94. The Kier molecular flexibility index (Phi) is 2.93. The zero-order chi connectivity index (χ0) is 12.6. The van der Waals surface area contributed by atoms with Gasteiger partial charge >= 0.3 is 5.97 Å². The SMILES string of the molecule is Cc1ccc(F)cc1-c1nc(C)c(C(=O)O)s1. The molecule has 0 bridgehead atoms. The van der Waals surface area contributed by atoms with Crippen LogP contribution in [0.15, 0.2) is 18.2 Å². The van der Waals surface area contributed by atoms with Crippen molar-refractivity contribution in [1.29, 1.82) is 0 Å². The molecule has 1 heterocycles. The first-order chi connectivity index (χ1) is 7.99. The van der Waals surface area contributed by atoms with Crippen molar-refractivity contribution in [2.24, 2.45) is 0 Å². The lowest BCUT2D eigenvalue weighted by Gasteiger charge is -2.01. The third kappa shape index (κ3) is 2.19. The molecular weight excluding hydrogens is 241 g/mol. The van der Waals surface area contributed by atoms with Crippen LogP contribution in [0.2, 0.25) is 0 Å². The van der Waals surface area contributed by atoms with E-state index in [4.69, 9.17) is 5.11 Å². The molecule has 0 unspecified atom stereocenters. The monoisotopic (exact) mass is 251 g/mol. The van der Waals surface area contributed by atoms with Crippen LogP contribution < -0.4 is 0 Å². The van der Waals surface area contributed by atoms with Gasteiger partial charge in [-0.15, -0.1) is 11.3 Å². The molecule has 0 fully saturated rings. The molecular formula is C12H10FNO2S. The van der Waals surface area contributed by atoms with Crippen LogP contribution in [-0.4, -0.2) is 16.1 Å². The van der Waals surface area contributed by atoms with Gasteiger partial charge in [0.05, 0.1) is 5.69 Å². The summed E-state index contributed by atoms with van der Waals surface area (Å²) in [6.07, 6.45) is 0. The first-order valence-corrected chi connectivity index (χ1v) is 5.78. The Hall–Kier alpha value is -1.75. The molecule has 0 amide bonds. The Morgan fingerprint density at radius 1 is 1.41 bits per heavy atom. The topological polar surface area (TPSA) is 50.2 Å². The number of carboxylic acid groups (broad SMARTS) is 1. The zero-order valence-electron chi connectivity index (χ0n) is 9.32. The second-order valence-corrected chi connectivity index (χ2v) is 4.70. The quantitative estimate of drug-likeness (QED) is 0.891. The molecule has 2 rings (SSSR count). The summed E-state index contributed by atoms with van der Waals surface area (Å²) in [5.41, 5.74) is 1.98. The number of carbonyl (C=O) groups is 1. The number of hydrogen-bond acceptors (Lipinski definition) is 3. The Morgan fingerprint density at radius 3 is 2.71 bits per heavy atom. The summed E-state index contributed by atoms with van der Waals surface area (Å²) < 4.78 is 13.2. The molecule has 5 heteroatoms. The molecule has 0 atom stereocenters. The summed E-state index contributed by atoms with van der Waals surface area (Å²) in [6, 6.07) is 4.40. The van der Waals surface area contributed by atoms with Crippen LogP contribution in [0.3, 0.4) is 0 Å². The van der Waals surface area contributed by atoms with Gasteiger partial charge in [-0.3, -0.25) is 0 Å². The molecule has 0 saturated carbocycles. The molecule has 0 saturated heterocycles. The highest BCUT2D eigenvalue weighted by molar-refractivity contribution is 7.17. The van der Waals surface area contributed by atoms with E-state index < -0.39 is 5.97 Å². The predicted molar refractivity (Wildman–Crippen MR) is 63.9 cm³/mol. The largest absolute Gasteiger partial charge is 0.477 e. The standard InChI is InChI=1S/C12H10FNO2S/c1-6-3-4-8(13)5-9(6)11-14-7(2)10(17-11)12(15)16/h3-5H,1-2H3,(H,15,16). The van der Waals surface area contributed by atoms with Gasteiger partial charge in [0, 0.05) is 5.56 Å². The summed E-state index contributed by atoms with van der Waals surface area (Å²) in [4.78, 5) is 15.3. The number of aromatic carboxylic acids is 1. The Balaban J connectivity index is 2.57. The number of rotatable bonds is 2. The van der Waals surface area contributed by atoms with E-state index in [-0.39, 0.29) is 10.7 Å². The van der Waals surface area contributed by atoms with E-state index in [1.54, 1.807) is 13.0 Å². The maximum absolute atomic E-state index is 13.2. The summed E-state index contributed by atoms with van der Waals surface area (Å²) >= 11 is 1.07. The van der Waals surface area contributed by atoms with Crippen LogP contribution in [0.1, 0.15) is 20.9 Å². The molecule has 0 aliphatic rings. The van der Waals surface area contributed by atoms with E-state index in [1.165, 1.54) is 12.1 Å². The fourth-order valence-electron chi connectivity index (χ4n) is 1.53. The molecule has 1 aromatic heterocycles. The van der Waals surface area contributed by atoms with E-state index in [2.05, 4.69) is 4.98 Å². The van der Waals surface area contributed by atoms with Gasteiger partial charge in [-0.05, 0) is 31.5 Å². The minimum atomic E-state index is -1.000. The second-order valence-electron chi connectivity index (χ2n) is 3.70. The Labute approximate surface area is 102 Å². The van der Waals surface area contributed by atoms with E-state index in [0.29, 0.717) is 16.3 Å². The van der Waals surface area contributed by atoms with Crippen molar-refractivity contribution in [2.45, 2.75) is 13.8 Å². The van der Waals surface area contributed by atoms with Gasteiger partial charge in [-0.25, -0.2) is 14.2 Å². The van der Waals surface area contributed by atoms with E-state index in [0.717, 1.165) is 16.9 Å². The number of hydrogen-bond donors (Lipinski definition) is 1. The molecule has 0 aliphatic heterocycles. The molecule has 88 valence electrons. The van der Waals surface area contributed by atoms with Crippen molar-refractivity contribution in [3.63, 3.8) is 0 Å². The maximum atomic E-state index is 13.2. The molecule has 3 nitrogen and oxygen atoms in total. The summed E-state index contributed by atoms with van der Waals surface area (Å²) in [5.74, 6) is -1.35. The third-order valence-corrected chi connectivity index (χ3v) is 3.60. The number of aryl methyl sites for hydroxylation is 2. The molecule has 2 aromatic rings. The third-order valence-electron chi connectivity index (χ3n) is 2.42. The number of halogens is 1. The first kappa shape index (κ1) is 11.7. The van der Waals surface area contributed by atoms with Gasteiger partial charge in [0.15, 0.2) is 0 Å². The fourth-order valence-corrected chi connectivity index (χ4v) is 2.52. The van der Waals surface area contributed by atoms with Gasteiger partial charge < -0.3 is 5.11 Å². The molecule has 17 heavy (non-hydrogen) atoms. The highest BCUT2D eigenvalue weighted by atomic mass is 32.1. The lowest BCUT2D eigenvalue weighted by atomic mass is 10.1. The molecule has 0 aliphatic carbocycles. The zero-order valence-corrected chi connectivity index (χ0v) is 10.1. The van der Waals surface area contributed by atoms with Crippen molar-refractivity contribution >= 4 is 17.3 Å². The van der Waals surface area contributed by atoms with Crippen molar-refractivity contribution in [3.8, 4) is 10.6 Å².